The van der Waals surface area contributed by atoms with Gasteiger partial charge in [-0.15, -0.1) is 0 Å². The van der Waals surface area contributed by atoms with Crippen LogP contribution in [0.25, 0.3) is 0 Å². The maximum atomic E-state index is 11.3. The van der Waals surface area contributed by atoms with Crippen LogP contribution in [-0.2, 0) is 5.60 Å². The molecule has 2 heterocycles. The second-order valence-electron chi connectivity index (χ2n) is 7.22. The lowest BCUT2D eigenvalue weighted by Gasteiger charge is -2.46. The van der Waals surface area contributed by atoms with E-state index >= 15 is 0 Å². The van der Waals surface area contributed by atoms with Gasteiger partial charge >= 0.3 is 0 Å². The van der Waals surface area contributed by atoms with Crippen molar-refractivity contribution in [2.75, 3.05) is 0 Å². The fourth-order valence-electron chi connectivity index (χ4n) is 4.78. The Kier molecular flexibility index (Phi) is 3.74. The molecule has 2 aliphatic heterocycles. The Morgan fingerprint density at radius 1 is 0.913 bits per heavy atom. The third kappa shape index (κ3) is 2.60. The highest BCUT2D eigenvalue weighted by atomic mass is 16.3. The summed E-state index contributed by atoms with van der Waals surface area (Å²) < 4.78 is 0. The molecule has 120 valence electrons. The van der Waals surface area contributed by atoms with Gasteiger partial charge < -0.3 is 5.11 Å². The lowest BCUT2D eigenvalue weighted by molar-refractivity contribution is -0.0682. The maximum absolute atomic E-state index is 11.3. The van der Waals surface area contributed by atoms with E-state index in [2.05, 4.69) is 54.3 Å². The van der Waals surface area contributed by atoms with Gasteiger partial charge in [-0.3, -0.25) is 4.90 Å². The van der Waals surface area contributed by atoms with E-state index in [4.69, 9.17) is 0 Å². The van der Waals surface area contributed by atoms with E-state index in [1.54, 1.807) is 0 Å². The van der Waals surface area contributed by atoms with Gasteiger partial charge in [-0.05, 0) is 43.7 Å². The highest BCUT2D eigenvalue weighted by Gasteiger charge is 2.49. The highest BCUT2D eigenvalue weighted by Crippen LogP contribution is 2.48. The number of rotatable bonds is 3. The molecule has 2 bridgehead atoms. The summed E-state index contributed by atoms with van der Waals surface area (Å²) in [5, 5.41) is 11.3. The van der Waals surface area contributed by atoms with E-state index in [1.165, 1.54) is 18.4 Å². The van der Waals surface area contributed by atoms with E-state index in [1.807, 2.05) is 18.2 Å². The summed E-state index contributed by atoms with van der Waals surface area (Å²) in [6.07, 6.45) is 4.11. The van der Waals surface area contributed by atoms with Crippen molar-refractivity contribution in [3.05, 3.63) is 71.8 Å². The summed E-state index contributed by atoms with van der Waals surface area (Å²) in [5.41, 5.74) is 1.82. The monoisotopic (exact) mass is 307 g/mol. The molecule has 2 aromatic carbocycles. The molecular formula is C21H25NO. The average Bonchev–Trinajstić information content (AvgIpc) is 2.88. The zero-order valence-corrected chi connectivity index (χ0v) is 13.7. The number of hydrogen-bond donors (Lipinski definition) is 1. The highest BCUT2D eigenvalue weighted by molar-refractivity contribution is 5.26. The second kappa shape index (κ2) is 5.77. The molecule has 0 aromatic heterocycles. The summed E-state index contributed by atoms with van der Waals surface area (Å²) in [7, 11) is 0. The minimum Gasteiger partial charge on any atom is -0.385 e. The Morgan fingerprint density at radius 2 is 1.43 bits per heavy atom. The molecule has 0 spiro atoms. The largest absolute Gasteiger partial charge is 0.385 e. The van der Waals surface area contributed by atoms with E-state index in [0.29, 0.717) is 18.1 Å². The molecule has 2 heteroatoms. The van der Waals surface area contributed by atoms with Crippen molar-refractivity contribution in [2.45, 2.75) is 56.3 Å². The van der Waals surface area contributed by atoms with Gasteiger partial charge in [-0.1, -0.05) is 60.7 Å². The Morgan fingerprint density at radius 3 is 2.00 bits per heavy atom. The third-order valence-electron chi connectivity index (χ3n) is 5.86. The number of hydrogen-bond acceptors (Lipinski definition) is 2. The number of aliphatic hydroxyl groups is 1. The van der Waals surface area contributed by atoms with E-state index < -0.39 is 5.60 Å². The summed E-state index contributed by atoms with van der Waals surface area (Å²) in [6.45, 7) is 2.31. The minimum absolute atomic E-state index is 0.425. The van der Waals surface area contributed by atoms with E-state index in [-0.39, 0.29) is 0 Å². The molecule has 0 radical (unpaired) electrons. The normalized spacial score (nSPS) is 31.9. The van der Waals surface area contributed by atoms with Crippen molar-refractivity contribution in [3.63, 3.8) is 0 Å². The van der Waals surface area contributed by atoms with Gasteiger partial charge in [0.2, 0.25) is 0 Å². The molecule has 2 fully saturated rings. The van der Waals surface area contributed by atoms with Gasteiger partial charge in [0.05, 0.1) is 5.60 Å². The molecule has 2 saturated heterocycles. The first-order valence-electron chi connectivity index (χ1n) is 8.78. The predicted octanol–water partition coefficient (Wildman–Crippen LogP) is 4.26. The van der Waals surface area contributed by atoms with Gasteiger partial charge in [-0.2, -0.15) is 0 Å². The standard InChI is InChI=1S/C21H25NO/c1-16(17-8-4-2-5-9-17)22-19-12-13-20(22)15-21(23,14-19)18-10-6-3-7-11-18/h2-11,16,19-20,23H,12-15H2,1H3. The Balaban J connectivity index is 1.59. The van der Waals surface area contributed by atoms with Gasteiger partial charge in [0.1, 0.15) is 0 Å². The topological polar surface area (TPSA) is 23.5 Å². The van der Waals surface area contributed by atoms with Crippen molar-refractivity contribution in [3.8, 4) is 0 Å². The van der Waals surface area contributed by atoms with Crippen LogP contribution in [-0.4, -0.2) is 22.1 Å². The first kappa shape index (κ1) is 14.9. The molecule has 2 aliphatic rings. The predicted molar refractivity (Wildman–Crippen MR) is 93.1 cm³/mol. The van der Waals surface area contributed by atoms with Gasteiger partial charge in [-0.25, -0.2) is 0 Å². The van der Waals surface area contributed by atoms with Crippen LogP contribution in [0.3, 0.4) is 0 Å². The Labute approximate surface area is 138 Å². The number of nitrogens with zero attached hydrogens (tertiary/aromatic N) is 1. The molecule has 0 saturated carbocycles. The summed E-state index contributed by atoms with van der Waals surface area (Å²) in [4.78, 5) is 2.66. The van der Waals surface area contributed by atoms with E-state index in [0.717, 1.165) is 18.4 Å². The first-order chi connectivity index (χ1) is 11.2. The molecule has 2 aromatic rings. The van der Waals surface area contributed by atoms with Crippen LogP contribution in [0.15, 0.2) is 60.7 Å². The molecule has 0 amide bonds. The van der Waals surface area contributed by atoms with Crippen molar-refractivity contribution in [1.82, 2.24) is 4.90 Å². The van der Waals surface area contributed by atoms with Crippen molar-refractivity contribution in [2.24, 2.45) is 0 Å². The van der Waals surface area contributed by atoms with Crippen LogP contribution in [0, 0.1) is 0 Å². The van der Waals surface area contributed by atoms with Crippen molar-refractivity contribution >= 4 is 0 Å². The van der Waals surface area contributed by atoms with Crippen LogP contribution in [0.4, 0.5) is 0 Å². The smallest absolute Gasteiger partial charge is 0.0926 e. The van der Waals surface area contributed by atoms with Gasteiger partial charge in [0.25, 0.3) is 0 Å². The van der Waals surface area contributed by atoms with E-state index in [9.17, 15) is 5.11 Å². The molecule has 1 N–H and O–H groups in total. The molecule has 3 atom stereocenters. The third-order valence-corrected chi connectivity index (χ3v) is 5.86. The summed E-state index contributed by atoms with van der Waals surface area (Å²) >= 11 is 0. The second-order valence-corrected chi connectivity index (χ2v) is 7.22. The molecule has 3 unspecified atom stereocenters. The Bertz CT molecular complexity index is 640. The lowest BCUT2D eigenvalue weighted by Crippen LogP contribution is -2.50. The lowest BCUT2D eigenvalue weighted by atomic mass is 9.79. The zero-order valence-electron chi connectivity index (χ0n) is 13.7. The van der Waals surface area contributed by atoms with Crippen LogP contribution < -0.4 is 0 Å². The average molecular weight is 307 g/mol. The Hall–Kier alpha value is -1.64. The van der Waals surface area contributed by atoms with Crippen LogP contribution in [0.5, 0.6) is 0 Å². The van der Waals surface area contributed by atoms with Crippen molar-refractivity contribution < 1.29 is 5.11 Å². The van der Waals surface area contributed by atoms with Gasteiger partial charge in [0.15, 0.2) is 0 Å². The molecule has 4 rings (SSSR count). The fourth-order valence-corrected chi connectivity index (χ4v) is 4.78. The van der Waals surface area contributed by atoms with Crippen LogP contribution in [0.1, 0.15) is 49.8 Å². The number of piperidine rings is 1. The minimum atomic E-state index is -0.653. The quantitative estimate of drug-likeness (QED) is 0.915. The number of fused-ring (bicyclic) bond motifs is 2. The number of benzene rings is 2. The molecule has 2 nitrogen and oxygen atoms in total. The molecule has 23 heavy (non-hydrogen) atoms. The van der Waals surface area contributed by atoms with Crippen molar-refractivity contribution in [1.29, 1.82) is 0 Å². The molecule has 0 aliphatic carbocycles. The SMILES string of the molecule is CC(c1ccccc1)N1C2CCC1CC(O)(c1ccccc1)C2. The summed E-state index contributed by atoms with van der Waals surface area (Å²) in [6, 6.07) is 22.4. The maximum Gasteiger partial charge on any atom is 0.0926 e. The first-order valence-corrected chi connectivity index (χ1v) is 8.78. The van der Waals surface area contributed by atoms with Crippen LogP contribution in [0.2, 0.25) is 0 Å². The van der Waals surface area contributed by atoms with Crippen LogP contribution >= 0.6 is 0 Å². The summed E-state index contributed by atoms with van der Waals surface area (Å²) in [5.74, 6) is 0. The fraction of sp³-hybridized carbons (Fsp3) is 0.429. The molecular weight excluding hydrogens is 282 g/mol. The van der Waals surface area contributed by atoms with Gasteiger partial charge in [0, 0.05) is 18.1 Å². The zero-order chi connectivity index (χ0) is 15.9.